The second kappa shape index (κ2) is 8.65. The quantitative estimate of drug-likeness (QED) is 0.734. The number of rotatable bonds is 6. The highest BCUT2D eigenvalue weighted by molar-refractivity contribution is 7.89. The Bertz CT molecular complexity index is 1050. The molecule has 0 aromatic heterocycles. The van der Waals surface area contributed by atoms with Crippen molar-refractivity contribution in [2.75, 3.05) is 6.79 Å². The lowest BCUT2D eigenvalue weighted by molar-refractivity contribution is 0.0927. The van der Waals surface area contributed by atoms with Gasteiger partial charge in [-0.25, -0.2) is 13.1 Å². The minimum absolute atomic E-state index is 0.0719. The number of carbonyl (C=O) groups excluding carboxylic acids is 1. The Morgan fingerprint density at radius 1 is 1.03 bits per heavy atom. The van der Waals surface area contributed by atoms with Crippen molar-refractivity contribution in [3.05, 3.63) is 53.1 Å². The second-order valence-corrected chi connectivity index (χ2v) is 9.56. The standard InChI is InChI=1S/C22H26N2O5S/c1-15-7-9-18(12-19(15)22(25)24-17-5-3-2-4-6-17)30(26,27)23-13-16-8-10-20-21(11-16)29-14-28-20/h7-12,17,23H,2-6,13-14H2,1H3,(H,24,25). The van der Waals surface area contributed by atoms with Crippen LogP contribution in [0.4, 0.5) is 0 Å². The monoisotopic (exact) mass is 430 g/mol. The molecule has 1 fully saturated rings. The van der Waals surface area contributed by atoms with Gasteiger partial charge < -0.3 is 14.8 Å². The van der Waals surface area contributed by atoms with Gasteiger partial charge >= 0.3 is 0 Å². The van der Waals surface area contributed by atoms with Crippen molar-refractivity contribution >= 4 is 15.9 Å². The molecule has 0 spiro atoms. The number of carbonyl (C=O) groups is 1. The van der Waals surface area contributed by atoms with Gasteiger partial charge in [0.1, 0.15) is 0 Å². The number of nitrogens with one attached hydrogen (secondary N) is 2. The van der Waals surface area contributed by atoms with E-state index in [0.717, 1.165) is 36.8 Å². The highest BCUT2D eigenvalue weighted by atomic mass is 32.2. The van der Waals surface area contributed by atoms with Crippen LogP contribution in [0, 0.1) is 6.92 Å². The van der Waals surface area contributed by atoms with Gasteiger partial charge in [0.25, 0.3) is 5.91 Å². The molecule has 1 heterocycles. The summed E-state index contributed by atoms with van der Waals surface area (Å²) in [5.41, 5.74) is 1.90. The Balaban J connectivity index is 1.46. The Hall–Kier alpha value is -2.58. The Morgan fingerprint density at radius 3 is 2.60 bits per heavy atom. The number of sulfonamides is 1. The summed E-state index contributed by atoms with van der Waals surface area (Å²) in [7, 11) is -3.78. The number of amides is 1. The van der Waals surface area contributed by atoms with Crippen LogP contribution in [0.5, 0.6) is 11.5 Å². The van der Waals surface area contributed by atoms with E-state index in [1.807, 2.05) is 6.92 Å². The van der Waals surface area contributed by atoms with Crippen molar-refractivity contribution in [1.29, 1.82) is 0 Å². The summed E-state index contributed by atoms with van der Waals surface area (Å²) in [6.07, 6.45) is 5.37. The van der Waals surface area contributed by atoms with E-state index in [-0.39, 0.29) is 30.2 Å². The van der Waals surface area contributed by atoms with E-state index in [0.29, 0.717) is 17.1 Å². The maximum atomic E-state index is 12.8. The molecule has 0 atom stereocenters. The van der Waals surface area contributed by atoms with Crippen LogP contribution in [0.1, 0.15) is 53.6 Å². The molecule has 2 aliphatic rings. The minimum atomic E-state index is -3.78. The molecule has 2 aromatic carbocycles. The number of hydrogen-bond acceptors (Lipinski definition) is 5. The van der Waals surface area contributed by atoms with Crippen LogP contribution in [0.15, 0.2) is 41.3 Å². The van der Waals surface area contributed by atoms with E-state index in [1.165, 1.54) is 18.6 Å². The van der Waals surface area contributed by atoms with E-state index < -0.39 is 10.0 Å². The number of aryl methyl sites for hydroxylation is 1. The van der Waals surface area contributed by atoms with Crippen molar-refractivity contribution in [2.24, 2.45) is 0 Å². The molecule has 2 aromatic rings. The molecular formula is C22H26N2O5S. The van der Waals surface area contributed by atoms with Gasteiger partial charge in [0.05, 0.1) is 4.90 Å². The predicted molar refractivity (Wildman–Crippen MR) is 112 cm³/mol. The van der Waals surface area contributed by atoms with E-state index >= 15 is 0 Å². The maximum absolute atomic E-state index is 12.8. The van der Waals surface area contributed by atoms with E-state index in [1.54, 1.807) is 24.3 Å². The van der Waals surface area contributed by atoms with Gasteiger partial charge in [-0.1, -0.05) is 31.4 Å². The first-order chi connectivity index (χ1) is 14.4. The van der Waals surface area contributed by atoms with Crippen molar-refractivity contribution in [2.45, 2.75) is 56.5 Å². The van der Waals surface area contributed by atoms with Crippen LogP contribution >= 0.6 is 0 Å². The third-order valence-corrected chi connectivity index (χ3v) is 7.01. The number of benzene rings is 2. The third kappa shape index (κ3) is 4.60. The number of hydrogen-bond donors (Lipinski definition) is 2. The molecule has 1 amide bonds. The molecule has 0 unspecified atom stereocenters. The third-order valence-electron chi connectivity index (χ3n) is 5.61. The van der Waals surface area contributed by atoms with Crippen molar-refractivity contribution < 1.29 is 22.7 Å². The van der Waals surface area contributed by atoms with Gasteiger partial charge in [-0.2, -0.15) is 0 Å². The van der Waals surface area contributed by atoms with Crippen LogP contribution in [0.25, 0.3) is 0 Å². The lowest BCUT2D eigenvalue weighted by Gasteiger charge is -2.23. The summed E-state index contributed by atoms with van der Waals surface area (Å²) in [6, 6.07) is 10.1. The maximum Gasteiger partial charge on any atom is 0.251 e. The summed E-state index contributed by atoms with van der Waals surface area (Å²) in [6.45, 7) is 2.09. The first-order valence-corrected chi connectivity index (χ1v) is 11.7. The second-order valence-electron chi connectivity index (χ2n) is 7.80. The molecular weight excluding hydrogens is 404 g/mol. The van der Waals surface area contributed by atoms with Gasteiger partial charge in [-0.15, -0.1) is 0 Å². The van der Waals surface area contributed by atoms with E-state index in [2.05, 4.69) is 10.0 Å². The lowest BCUT2D eigenvalue weighted by atomic mass is 9.95. The molecule has 160 valence electrons. The van der Waals surface area contributed by atoms with Crippen molar-refractivity contribution in [1.82, 2.24) is 10.0 Å². The summed E-state index contributed by atoms with van der Waals surface area (Å²) >= 11 is 0. The normalized spacial score (nSPS) is 16.4. The lowest BCUT2D eigenvalue weighted by Crippen LogP contribution is -2.36. The fourth-order valence-corrected chi connectivity index (χ4v) is 4.88. The van der Waals surface area contributed by atoms with Gasteiger partial charge in [-0.05, 0) is 55.2 Å². The molecule has 2 N–H and O–H groups in total. The summed E-state index contributed by atoms with van der Waals surface area (Å²) in [5, 5.41) is 3.06. The smallest absolute Gasteiger partial charge is 0.251 e. The average Bonchev–Trinajstić information content (AvgIpc) is 3.21. The summed E-state index contributed by atoms with van der Waals surface area (Å²) in [4.78, 5) is 12.8. The molecule has 0 saturated heterocycles. The molecule has 30 heavy (non-hydrogen) atoms. The molecule has 1 saturated carbocycles. The zero-order valence-electron chi connectivity index (χ0n) is 16.9. The highest BCUT2D eigenvalue weighted by Crippen LogP contribution is 2.32. The van der Waals surface area contributed by atoms with Crippen LogP contribution < -0.4 is 19.5 Å². The predicted octanol–water partition coefficient (Wildman–Crippen LogP) is 3.26. The average molecular weight is 431 g/mol. The Kier molecular flexibility index (Phi) is 5.97. The van der Waals surface area contributed by atoms with Gasteiger partial charge in [0.15, 0.2) is 11.5 Å². The number of fused-ring (bicyclic) bond motifs is 1. The molecule has 0 bridgehead atoms. The fraction of sp³-hybridized carbons (Fsp3) is 0.409. The SMILES string of the molecule is Cc1ccc(S(=O)(=O)NCc2ccc3c(c2)OCO3)cc1C(=O)NC1CCCCC1. The first kappa shape index (κ1) is 20.7. The van der Waals surface area contributed by atoms with Crippen LogP contribution in [0.2, 0.25) is 0 Å². The van der Waals surface area contributed by atoms with Gasteiger partial charge in [0, 0.05) is 18.2 Å². The largest absolute Gasteiger partial charge is 0.454 e. The molecule has 8 heteroatoms. The zero-order valence-corrected chi connectivity index (χ0v) is 17.8. The fourth-order valence-electron chi connectivity index (χ4n) is 3.84. The van der Waals surface area contributed by atoms with E-state index in [4.69, 9.17) is 9.47 Å². The number of ether oxygens (including phenoxy) is 2. The van der Waals surface area contributed by atoms with Crippen LogP contribution in [-0.2, 0) is 16.6 Å². The van der Waals surface area contributed by atoms with E-state index in [9.17, 15) is 13.2 Å². The summed E-state index contributed by atoms with van der Waals surface area (Å²) in [5.74, 6) is 1.03. The topological polar surface area (TPSA) is 93.7 Å². The highest BCUT2D eigenvalue weighted by Gasteiger charge is 2.21. The molecule has 7 nitrogen and oxygen atoms in total. The van der Waals surface area contributed by atoms with Crippen molar-refractivity contribution in [3.63, 3.8) is 0 Å². The molecule has 1 aliphatic heterocycles. The Morgan fingerprint density at radius 2 is 1.80 bits per heavy atom. The molecule has 1 aliphatic carbocycles. The minimum Gasteiger partial charge on any atom is -0.454 e. The molecule has 0 radical (unpaired) electrons. The Labute approximate surface area is 176 Å². The zero-order chi connectivity index (χ0) is 21.1. The van der Waals surface area contributed by atoms with Crippen LogP contribution in [0.3, 0.4) is 0 Å². The van der Waals surface area contributed by atoms with Gasteiger partial charge in [0.2, 0.25) is 16.8 Å². The molecule has 4 rings (SSSR count). The first-order valence-electron chi connectivity index (χ1n) is 10.2. The van der Waals surface area contributed by atoms with Crippen LogP contribution in [-0.4, -0.2) is 27.2 Å². The van der Waals surface area contributed by atoms with Crippen molar-refractivity contribution in [3.8, 4) is 11.5 Å². The summed E-state index contributed by atoms with van der Waals surface area (Å²) < 4.78 is 38.8. The van der Waals surface area contributed by atoms with Gasteiger partial charge in [-0.3, -0.25) is 4.79 Å².